The number of amides is 3. The van der Waals surface area contributed by atoms with Crippen LogP contribution in [0.15, 0.2) is 77.3 Å². The maximum absolute atomic E-state index is 13.6. The largest absolute Gasteiger partial charge is 0.447 e. The molecule has 0 atom stereocenters. The zero-order valence-electron chi connectivity index (χ0n) is 25.5. The lowest BCUT2D eigenvalue weighted by Gasteiger charge is -2.19. The molecule has 0 aliphatic rings. The van der Waals surface area contributed by atoms with Gasteiger partial charge in [0.1, 0.15) is 11.2 Å². The van der Waals surface area contributed by atoms with Gasteiger partial charge in [-0.1, -0.05) is 51.1 Å². The molecule has 0 saturated heterocycles. The third kappa shape index (κ3) is 6.61. The number of hydrogen-bond acceptors (Lipinski definition) is 8. The third-order valence-corrected chi connectivity index (χ3v) is 6.70. The number of carbonyl (C=O) groups excluding carboxylic acids is 4. The Bertz CT molecular complexity index is 1880. The molecule has 0 saturated carbocycles. The van der Waals surface area contributed by atoms with Crippen molar-refractivity contribution in [2.45, 2.75) is 27.7 Å². The van der Waals surface area contributed by atoms with Gasteiger partial charge in [0.25, 0.3) is 17.7 Å². The molecule has 0 spiro atoms. The van der Waals surface area contributed by atoms with Crippen LogP contribution in [0.25, 0.3) is 11.1 Å². The summed E-state index contributed by atoms with van der Waals surface area (Å²) in [6, 6.07) is 18.4. The van der Waals surface area contributed by atoms with Crippen molar-refractivity contribution in [3.05, 3.63) is 89.9 Å². The zero-order chi connectivity index (χ0) is 32.3. The summed E-state index contributed by atoms with van der Waals surface area (Å²) in [7, 11) is 1.63. The molecule has 5 rings (SSSR count). The molecule has 3 aromatic heterocycles. The van der Waals surface area contributed by atoms with Crippen LogP contribution >= 0.6 is 0 Å². The molecular weight excluding hydrogens is 578 g/mol. The van der Waals surface area contributed by atoms with Crippen molar-refractivity contribution in [1.82, 2.24) is 19.6 Å². The van der Waals surface area contributed by atoms with Crippen molar-refractivity contribution < 1.29 is 28.3 Å². The first-order valence-corrected chi connectivity index (χ1v) is 14.2. The predicted molar refractivity (Wildman–Crippen MR) is 168 cm³/mol. The summed E-state index contributed by atoms with van der Waals surface area (Å²) >= 11 is 0. The Morgan fingerprint density at radius 1 is 0.956 bits per heavy atom. The highest BCUT2D eigenvalue weighted by Crippen LogP contribution is 2.30. The molecule has 3 heterocycles. The van der Waals surface area contributed by atoms with E-state index in [2.05, 4.69) is 20.8 Å². The van der Waals surface area contributed by atoms with Crippen LogP contribution in [0.4, 0.5) is 22.0 Å². The van der Waals surface area contributed by atoms with Gasteiger partial charge in [0, 0.05) is 31.5 Å². The lowest BCUT2D eigenvalue weighted by atomic mass is 9.99. The molecule has 5 aromatic rings. The van der Waals surface area contributed by atoms with Crippen molar-refractivity contribution in [2.75, 3.05) is 28.7 Å². The first kappa shape index (κ1) is 30.7. The summed E-state index contributed by atoms with van der Waals surface area (Å²) in [6.45, 7) is 8.01. The van der Waals surface area contributed by atoms with Crippen molar-refractivity contribution >= 4 is 52.1 Å². The summed E-state index contributed by atoms with van der Waals surface area (Å²) < 4.78 is 13.8. The molecule has 2 aromatic carbocycles. The second-order valence-corrected chi connectivity index (χ2v) is 11.4. The van der Waals surface area contributed by atoms with Gasteiger partial charge in [-0.3, -0.25) is 19.1 Å². The molecule has 232 valence electrons. The first-order valence-electron chi connectivity index (χ1n) is 14.2. The summed E-state index contributed by atoms with van der Waals surface area (Å²) in [4.78, 5) is 54.6. The Morgan fingerprint density at radius 2 is 1.67 bits per heavy atom. The molecule has 3 amide bonds. The highest BCUT2D eigenvalue weighted by atomic mass is 16.6. The minimum Gasteiger partial charge on any atom is -0.447 e. The van der Waals surface area contributed by atoms with Crippen LogP contribution in [0.2, 0.25) is 0 Å². The number of aryl methyl sites for hydroxylation is 1. The number of para-hydroxylation sites is 2. The summed E-state index contributed by atoms with van der Waals surface area (Å²) in [5.74, 6) is -1.73. The van der Waals surface area contributed by atoms with E-state index in [-0.39, 0.29) is 46.0 Å². The van der Waals surface area contributed by atoms with Gasteiger partial charge < -0.3 is 24.7 Å². The number of aromatic nitrogens is 4. The minimum atomic E-state index is -0.811. The monoisotopic (exact) mass is 611 g/mol. The maximum atomic E-state index is 13.6. The maximum Gasteiger partial charge on any atom is 0.435 e. The van der Waals surface area contributed by atoms with Crippen LogP contribution in [0.5, 0.6) is 0 Å². The Hall–Kier alpha value is -5.72. The van der Waals surface area contributed by atoms with Crippen molar-refractivity contribution in [3.8, 4) is 0 Å². The predicted octanol–water partition coefficient (Wildman–Crippen LogP) is 5.56. The molecule has 0 radical (unpaired) electrons. The topological polar surface area (TPSA) is 154 Å². The Morgan fingerprint density at radius 3 is 2.33 bits per heavy atom. The first-order chi connectivity index (χ1) is 21.5. The minimum absolute atomic E-state index is 0.0000696. The number of nitrogens with one attached hydrogen (secondary N) is 2. The third-order valence-electron chi connectivity index (χ3n) is 6.70. The number of carbonyl (C=O) groups is 4. The number of benzene rings is 2. The van der Waals surface area contributed by atoms with Gasteiger partial charge in [0.05, 0.1) is 17.9 Å². The molecule has 0 unspecified atom stereocenters. The van der Waals surface area contributed by atoms with E-state index in [0.717, 1.165) is 4.68 Å². The van der Waals surface area contributed by atoms with Gasteiger partial charge in [-0.05, 0) is 42.7 Å². The highest BCUT2D eigenvalue weighted by Gasteiger charge is 2.28. The number of rotatable bonds is 8. The van der Waals surface area contributed by atoms with Gasteiger partial charge in [0.15, 0.2) is 17.2 Å². The van der Waals surface area contributed by atoms with Crippen molar-refractivity contribution in [3.63, 3.8) is 0 Å². The van der Waals surface area contributed by atoms with Crippen molar-refractivity contribution in [2.24, 2.45) is 12.5 Å². The fraction of sp³-hybridized carbons (Fsp3) is 0.250. The van der Waals surface area contributed by atoms with E-state index in [1.165, 1.54) is 27.9 Å². The number of anilines is 3. The lowest BCUT2D eigenvalue weighted by Crippen LogP contribution is -2.30. The Kier molecular flexibility index (Phi) is 8.52. The van der Waals surface area contributed by atoms with E-state index in [9.17, 15) is 19.2 Å². The number of furan rings is 1. The second kappa shape index (κ2) is 12.5. The molecule has 13 nitrogen and oxygen atoms in total. The summed E-state index contributed by atoms with van der Waals surface area (Å²) in [6.07, 6.45) is 0.679. The van der Waals surface area contributed by atoms with Crippen LogP contribution in [-0.2, 0) is 11.8 Å². The molecule has 0 bridgehead atoms. The van der Waals surface area contributed by atoms with E-state index in [4.69, 9.17) is 9.15 Å². The van der Waals surface area contributed by atoms with E-state index in [1.807, 2.05) is 45.9 Å². The van der Waals surface area contributed by atoms with Crippen LogP contribution in [-0.4, -0.2) is 56.5 Å². The fourth-order valence-corrected chi connectivity index (χ4v) is 4.51. The standard InChI is InChI=1S/C32H33N7O6/c1-6-38(20-12-8-7-9-13-20)30(42)25-18-24-26(45-25)27(36-39(24)31(43)44-19-32(2,3)4)35-28(40)21-14-10-11-15-22(21)34-29(41)23-16-17-33-37(23)5/h7-18H,6,19H2,1-5H3,(H,34,41)(H,35,36,40). The normalized spacial score (nSPS) is 11.3. The Balaban J connectivity index is 1.49. The van der Waals surface area contributed by atoms with Gasteiger partial charge in [-0.25, -0.2) is 4.79 Å². The van der Waals surface area contributed by atoms with Crippen LogP contribution in [0.3, 0.4) is 0 Å². The van der Waals surface area contributed by atoms with Crippen molar-refractivity contribution in [1.29, 1.82) is 0 Å². The molecule has 0 aliphatic heterocycles. The molecule has 45 heavy (non-hydrogen) atoms. The van der Waals surface area contributed by atoms with Crippen LogP contribution in [0.1, 0.15) is 59.1 Å². The van der Waals surface area contributed by atoms with E-state index < -0.39 is 23.8 Å². The van der Waals surface area contributed by atoms with Crippen LogP contribution < -0.4 is 15.5 Å². The summed E-state index contributed by atoms with van der Waals surface area (Å²) in [5, 5.41) is 13.7. The van der Waals surface area contributed by atoms with Gasteiger partial charge in [-0.15, -0.1) is 5.10 Å². The highest BCUT2D eigenvalue weighted by molar-refractivity contribution is 6.14. The average molecular weight is 612 g/mol. The van der Waals surface area contributed by atoms with E-state index in [0.29, 0.717) is 17.9 Å². The number of nitrogens with zero attached hydrogens (tertiary/aromatic N) is 5. The fourth-order valence-electron chi connectivity index (χ4n) is 4.51. The molecule has 0 aliphatic carbocycles. The number of hydrogen-bond donors (Lipinski definition) is 2. The lowest BCUT2D eigenvalue weighted by molar-refractivity contribution is 0.0962. The second-order valence-electron chi connectivity index (χ2n) is 11.4. The Labute approximate surface area is 258 Å². The molecule has 0 fully saturated rings. The van der Waals surface area contributed by atoms with E-state index in [1.54, 1.807) is 43.4 Å². The van der Waals surface area contributed by atoms with Gasteiger partial charge >= 0.3 is 6.09 Å². The number of ether oxygens (including phenoxy) is 1. The summed E-state index contributed by atoms with van der Waals surface area (Å²) in [5.41, 5.74) is 1.12. The molecule has 13 heteroatoms. The molecular formula is C32H33N7O6. The zero-order valence-corrected chi connectivity index (χ0v) is 25.5. The average Bonchev–Trinajstić information content (AvgIpc) is 3.73. The smallest absolute Gasteiger partial charge is 0.435 e. The quantitative estimate of drug-likeness (QED) is 0.231. The van der Waals surface area contributed by atoms with Gasteiger partial charge in [-0.2, -0.15) is 9.78 Å². The molecule has 2 N–H and O–H groups in total. The SMILES string of the molecule is CCN(C(=O)c1cc2c(o1)c(NC(=O)c1ccccc1NC(=O)c1ccnn1C)nn2C(=O)OCC(C)(C)C)c1ccccc1. The number of fused-ring (bicyclic) bond motifs is 1. The van der Waals surface area contributed by atoms with Gasteiger partial charge in [0.2, 0.25) is 0 Å². The van der Waals surface area contributed by atoms with E-state index >= 15 is 0 Å². The van der Waals surface area contributed by atoms with Crippen LogP contribution in [0, 0.1) is 5.41 Å².